The molecule has 1 aliphatic carbocycles. The lowest BCUT2D eigenvalue weighted by Crippen LogP contribution is -2.38. The summed E-state index contributed by atoms with van der Waals surface area (Å²) in [6, 6.07) is 0.490. The first-order chi connectivity index (χ1) is 9.49. The molecule has 8 heteroatoms. The van der Waals surface area contributed by atoms with Gasteiger partial charge < -0.3 is 10.6 Å². The fraction of sp³-hybridized carbons (Fsp3) is 0.667. The Morgan fingerprint density at radius 2 is 2.25 bits per heavy atom. The van der Waals surface area contributed by atoms with Crippen LogP contribution in [0.3, 0.4) is 0 Å². The molecule has 20 heavy (non-hydrogen) atoms. The van der Waals surface area contributed by atoms with Crippen LogP contribution in [-0.2, 0) is 12.6 Å². The second-order valence-corrected chi connectivity index (χ2v) is 5.50. The maximum Gasteiger partial charge on any atom is 0.434 e. The van der Waals surface area contributed by atoms with Crippen LogP contribution in [0.15, 0.2) is 10.4 Å². The smallest absolute Gasteiger partial charge is 0.357 e. The van der Waals surface area contributed by atoms with Gasteiger partial charge in [0.1, 0.15) is 0 Å². The Morgan fingerprint density at radius 1 is 1.50 bits per heavy atom. The monoisotopic (exact) mass is 306 g/mol. The number of rotatable bonds is 5. The van der Waals surface area contributed by atoms with Crippen LogP contribution in [0.1, 0.15) is 30.5 Å². The van der Waals surface area contributed by atoms with Crippen LogP contribution < -0.4 is 10.6 Å². The number of alkyl halides is 3. The summed E-state index contributed by atoms with van der Waals surface area (Å²) >= 11 is 1.03. The van der Waals surface area contributed by atoms with Crippen molar-refractivity contribution in [2.75, 3.05) is 13.1 Å². The van der Waals surface area contributed by atoms with Crippen LogP contribution in [0.25, 0.3) is 0 Å². The Balaban J connectivity index is 1.85. The maximum absolute atomic E-state index is 12.4. The summed E-state index contributed by atoms with van der Waals surface area (Å²) in [5.74, 6) is 0.725. The van der Waals surface area contributed by atoms with E-state index in [1.54, 1.807) is 0 Å². The van der Waals surface area contributed by atoms with E-state index < -0.39 is 11.9 Å². The molecule has 0 atom stereocenters. The van der Waals surface area contributed by atoms with Gasteiger partial charge >= 0.3 is 6.18 Å². The van der Waals surface area contributed by atoms with E-state index in [4.69, 9.17) is 0 Å². The van der Waals surface area contributed by atoms with Crippen LogP contribution in [-0.4, -0.2) is 30.1 Å². The molecule has 1 heterocycles. The van der Waals surface area contributed by atoms with Crippen LogP contribution >= 0.6 is 11.3 Å². The van der Waals surface area contributed by atoms with Crippen LogP contribution in [0, 0.1) is 0 Å². The van der Waals surface area contributed by atoms with Crippen LogP contribution in [0.5, 0.6) is 0 Å². The summed E-state index contributed by atoms with van der Waals surface area (Å²) in [6.45, 7) is 3.15. The van der Waals surface area contributed by atoms with Gasteiger partial charge in [-0.2, -0.15) is 13.2 Å². The third-order valence-electron chi connectivity index (χ3n) is 2.70. The van der Waals surface area contributed by atoms with Gasteiger partial charge in [-0.05, 0) is 19.8 Å². The third-order valence-corrected chi connectivity index (χ3v) is 3.61. The Kier molecular flexibility index (Phi) is 4.85. The molecule has 0 aliphatic heterocycles. The first-order valence-electron chi connectivity index (χ1n) is 6.55. The largest absolute Gasteiger partial charge is 0.434 e. The average Bonchev–Trinajstić information content (AvgIpc) is 3.03. The van der Waals surface area contributed by atoms with E-state index in [0.717, 1.165) is 42.1 Å². The van der Waals surface area contributed by atoms with Crippen molar-refractivity contribution in [3.63, 3.8) is 0 Å². The minimum Gasteiger partial charge on any atom is -0.357 e. The van der Waals surface area contributed by atoms with Gasteiger partial charge in [0.15, 0.2) is 11.7 Å². The number of aliphatic imine (C=N–C) groups is 1. The fourth-order valence-electron chi connectivity index (χ4n) is 1.56. The van der Waals surface area contributed by atoms with Gasteiger partial charge in [0, 0.05) is 30.9 Å². The number of halogens is 3. The molecule has 1 aromatic heterocycles. The summed E-state index contributed by atoms with van der Waals surface area (Å²) in [5, 5.41) is 7.87. The van der Waals surface area contributed by atoms with Crippen molar-refractivity contribution < 1.29 is 13.2 Å². The van der Waals surface area contributed by atoms with Crippen molar-refractivity contribution >= 4 is 17.3 Å². The predicted molar refractivity (Wildman–Crippen MR) is 73.0 cm³/mol. The van der Waals surface area contributed by atoms with E-state index in [0.29, 0.717) is 24.0 Å². The highest BCUT2D eigenvalue weighted by Crippen LogP contribution is 2.30. The third kappa shape index (κ3) is 4.66. The molecule has 2 rings (SSSR count). The van der Waals surface area contributed by atoms with E-state index in [2.05, 4.69) is 20.6 Å². The molecule has 0 aromatic carbocycles. The number of hydrogen-bond acceptors (Lipinski definition) is 3. The zero-order valence-corrected chi connectivity index (χ0v) is 11.9. The maximum atomic E-state index is 12.4. The molecule has 0 spiro atoms. The highest BCUT2D eigenvalue weighted by molar-refractivity contribution is 7.09. The van der Waals surface area contributed by atoms with Crippen molar-refractivity contribution in [3.05, 3.63) is 16.1 Å². The second-order valence-electron chi connectivity index (χ2n) is 4.55. The van der Waals surface area contributed by atoms with Gasteiger partial charge in [0.2, 0.25) is 0 Å². The highest BCUT2D eigenvalue weighted by Gasteiger charge is 2.33. The number of thiazole rings is 1. The molecule has 1 fully saturated rings. The van der Waals surface area contributed by atoms with E-state index >= 15 is 0 Å². The number of guanidine groups is 1. The molecule has 4 nitrogen and oxygen atoms in total. The quantitative estimate of drug-likeness (QED) is 0.649. The van der Waals surface area contributed by atoms with Gasteiger partial charge in [0.25, 0.3) is 0 Å². The zero-order valence-electron chi connectivity index (χ0n) is 11.1. The van der Waals surface area contributed by atoms with Crippen molar-refractivity contribution in [1.29, 1.82) is 0 Å². The van der Waals surface area contributed by atoms with E-state index in [1.165, 1.54) is 0 Å². The molecule has 0 saturated heterocycles. The minimum absolute atomic E-state index is 0.419. The molecule has 2 N–H and O–H groups in total. The zero-order chi connectivity index (χ0) is 14.6. The Bertz CT molecular complexity index is 466. The molecule has 0 radical (unpaired) electrons. The van der Waals surface area contributed by atoms with Gasteiger partial charge in [-0.15, -0.1) is 11.3 Å². The molecular formula is C12H17F3N4S. The molecule has 0 amide bonds. The first kappa shape index (κ1) is 15.1. The summed E-state index contributed by atoms with van der Waals surface area (Å²) in [4.78, 5) is 7.92. The molecule has 0 bridgehead atoms. The lowest BCUT2D eigenvalue weighted by molar-refractivity contribution is -0.140. The molecule has 0 unspecified atom stereocenters. The topological polar surface area (TPSA) is 49.3 Å². The van der Waals surface area contributed by atoms with Gasteiger partial charge in [-0.3, -0.25) is 4.99 Å². The second kappa shape index (κ2) is 6.43. The SMILES string of the molecule is CCNC(=NCCc1nc(C(F)(F)F)cs1)NC1CC1. The van der Waals surface area contributed by atoms with Crippen molar-refractivity contribution in [2.24, 2.45) is 4.99 Å². The lowest BCUT2D eigenvalue weighted by Gasteiger charge is -2.09. The standard InChI is InChI=1S/C12H17F3N4S/c1-2-16-11(18-8-3-4-8)17-6-5-10-19-9(7-20-10)12(13,14)15/h7-8H,2-6H2,1H3,(H2,16,17,18). The van der Waals surface area contributed by atoms with Gasteiger partial charge in [0.05, 0.1) is 5.01 Å². The van der Waals surface area contributed by atoms with E-state index in [1.807, 2.05) is 6.92 Å². The van der Waals surface area contributed by atoms with Crippen LogP contribution in [0.4, 0.5) is 13.2 Å². The normalized spacial score (nSPS) is 16.3. The molecular weight excluding hydrogens is 289 g/mol. The van der Waals surface area contributed by atoms with Crippen molar-refractivity contribution in [3.8, 4) is 0 Å². The van der Waals surface area contributed by atoms with E-state index in [9.17, 15) is 13.2 Å². The Labute approximate surface area is 119 Å². The Morgan fingerprint density at radius 3 is 2.80 bits per heavy atom. The summed E-state index contributed by atoms with van der Waals surface area (Å²) in [5.41, 5.74) is -0.815. The Hall–Kier alpha value is -1.31. The van der Waals surface area contributed by atoms with Crippen molar-refractivity contribution in [2.45, 2.75) is 38.4 Å². The molecule has 1 aromatic rings. The van der Waals surface area contributed by atoms with Crippen molar-refractivity contribution in [1.82, 2.24) is 15.6 Å². The molecule has 1 aliphatic rings. The van der Waals surface area contributed by atoms with Crippen LogP contribution in [0.2, 0.25) is 0 Å². The predicted octanol–water partition coefficient (Wildman–Crippen LogP) is 2.42. The lowest BCUT2D eigenvalue weighted by atomic mass is 10.4. The molecule has 112 valence electrons. The summed E-state index contributed by atoms with van der Waals surface area (Å²) < 4.78 is 37.2. The number of nitrogens with zero attached hydrogens (tertiary/aromatic N) is 2. The fourth-order valence-corrected chi connectivity index (χ4v) is 2.35. The number of nitrogens with one attached hydrogen (secondary N) is 2. The van der Waals surface area contributed by atoms with Gasteiger partial charge in [-0.25, -0.2) is 4.98 Å². The average molecular weight is 306 g/mol. The minimum atomic E-state index is -4.36. The summed E-state index contributed by atoms with van der Waals surface area (Å²) in [6.07, 6.45) is -1.65. The summed E-state index contributed by atoms with van der Waals surface area (Å²) in [7, 11) is 0. The number of hydrogen-bond donors (Lipinski definition) is 2. The highest BCUT2D eigenvalue weighted by atomic mass is 32.1. The van der Waals surface area contributed by atoms with Gasteiger partial charge in [-0.1, -0.05) is 0 Å². The first-order valence-corrected chi connectivity index (χ1v) is 7.43. The van der Waals surface area contributed by atoms with E-state index in [-0.39, 0.29) is 0 Å². The number of aromatic nitrogens is 1. The molecule has 1 saturated carbocycles.